The number of sulfone groups is 1. The van der Waals surface area contributed by atoms with Crippen LogP contribution < -0.4 is 0 Å². The van der Waals surface area contributed by atoms with Crippen LogP contribution in [0.15, 0.2) is 53.4 Å². The third-order valence-electron chi connectivity index (χ3n) is 6.99. The monoisotopic (exact) mass is 442 g/mol. The maximum atomic E-state index is 13.1. The highest BCUT2D eigenvalue weighted by atomic mass is 32.2. The summed E-state index contributed by atoms with van der Waals surface area (Å²) in [4.78, 5) is 13.2. The fourth-order valence-electron chi connectivity index (χ4n) is 4.80. The molecule has 5 heteroatoms. The Morgan fingerprint density at radius 3 is 2.13 bits per heavy atom. The van der Waals surface area contributed by atoms with Crippen molar-refractivity contribution in [3.63, 3.8) is 0 Å². The van der Waals surface area contributed by atoms with Crippen molar-refractivity contribution in [3.8, 4) is 0 Å². The third kappa shape index (κ3) is 5.62. The molecule has 2 aromatic carbocycles. The van der Waals surface area contributed by atoms with Gasteiger partial charge in [-0.2, -0.15) is 0 Å². The molecule has 0 bridgehead atoms. The molecule has 0 aliphatic heterocycles. The summed E-state index contributed by atoms with van der Waals surface area (Å²) in [7, 11) is -3.29. The molecule has 166 valence electrons. The van der Waals surface area contributed by atoms with E-state index in [-0.39, 0.29) is 35.1 Å². The van der Waals surface area contributed by atoms with E-state index in [1.54, 1.807) is 24.3 Å². The van der Waals surface area contributed by atoms with E-state index in [0.29, 0.717) is 17.2 Å². The molecule has 2 aromatic rings. The van der Waals surface area contributed by atoms with Crippen LogP contribution in [-0.4, -0.2) is 20.0 Å². The molecular weight excluding hydrogens is 411 g/mol. The van der Waals surface area contributed by atoms with Gasteiger partial charge in [-0.15, -0.1) is 0 Å². The van der Waals surface area contributed by atoms with Gasteiger partial charge in [0.1, 0.15) is 11.6 Å². The maximum absolute atomic E-state index is 13.1. The van der Waals surface area contributed by atoms with Gasteiger partial charge < -0.3 is 0 Å². The predicted octanol–water partition coefficient (Wildman–Crippen LogP) is 6.05. The summed E-state index contributed by atoms with van der Waals surface area (Å²) >= 11 is 0. The van der Waals surface area contributed by atoms with Crippen molar-refractivity contribution in [1.82, 2.24) is 0 Å². The van der Waals surface area contributed by atoms with Crippen LogP contribution >= 0.6 is 0 Å². The molecule has 0 spiro atoms. The second kappa shape index (κ2) is 9.23. The molecule has 2 aliphatic rings. The second-order valence-electron chi connectivity index (χ2n) is 9.47. The van der Waals surface area contributed by atoms with Crippen molar-refractivity contribution in [2.45, 2.75) is 68.6 Å². The van der Waals surface area contributed by atoms with Crippen molar-refractivity contribution in [2.24, 2.45) is 11.8 Å². The molecule has 0 aromatic heterocycles. The van der Waals surface area contributed by atoms with Crippen LogP contribution in [0, 0.1) is 17.7 Å². The lowest BCUT2D eigenvalue weighted by atomic mass is 9.78. The summed E-state index contributed by atoms with van der Waals surface area (Å²) in [5.74, 6) is 0.956. The molecule has 4 rings (SSSR count). The Bertz CT molecular complexity index is 1000. The fraction of sp³-hybridized carbons (Fsp3) is 0.500. The van der Waals surface area contributed by atoms with Crippen molar-refractivity contribution in [1.29, 1.82) is 0 Å². The van der Waals surface area contributed by atoms with Crippen molar-refractivity contribution >= 4 is 15.6 Å². The van der Waals surface area contributed by atoms with Crippen LogP contribution in [0.1, 0.15) is 74.8 Å². The standard InChI is InChI=1S/C26H31FO3S/c1-18(20-8-12-24(27)13-9-20)16-26(28)23-4-2-19(3-5-23)17-31(29,30)25-14-10-22(11-15-25)21-6-7-21/h8-15,18-19,21,23H,2-7,16-17H2,1H3/t18-,19?,23?/m0/s1. The number of carbonyl (C=O) groups excluding carboxylic acids is 1. The molecule has 2 aliphatic carbocycles. The van der Waals surface area contributed by atoms with Crippen LogP contribution in [0.5, 0.6) is 0 Å². The first kappa shape index (κ1) is 22.2. The van der Waals surface area contributed by atoms with E-state index < -0.39 is 9.84 Å². The molecule has 2 fully saturated rings. The van der Waals surface area contributed by atoms with Crippen molar-refractivity contribution in [2.75, 3.05) is 5.75 Å². The highest BCUT2D eigenvalue weighted by molar-refractivity contribution is 7.91. The smallest absolute Gasteiger partial charge is 0.178 e. The predicted molar refractivity (Wildman–Crippen MR) is 120 cm³/mol. The zero-order valence-corrected chi connectivity index (χ0v) is 18.9. The number of carbonyl (C=O) groups is 1. The van der Waals surface area contributed by atoms with Gasteiger partial charge in [-0.3, -0.25) is 4.79 Å². The molecule has 31 heavy (non-hydrogen) atoms. The van der Waals surface area contributed by atoms with Gasteiger partial charge in [0, 0.05) is 12.3 Å². The number of hydrogen-bond acceptors (Lipinski definition) is 3. The minimum Gasteiger partial charge on any atom is -0.299 e. The highest BCUT2D eigenvalue weighted by Crippen LogP contribution is 2.40. The van der Waals surface area contributed by atoms with Crippen molar-refractivity contribution < 1.29 is 17.6 Å². The van der Waals surface area contributed by atoms with Gasteiger partial charge in [0.2, 0.25) is 0 Å². The van der Waals surface area contributed by atoms with Gasteiger partial charge in [-0.1, -0.05) is 31.2 Å². The summed E-state index contributed by atoms with van der Waals surface area (Å²) in [5.41, 5.74) is 2.22. The van der Waals surface area contributed by atoms with E-state index >= 15 is 0 Å². The van der Waals surface area contributed by atoms with E-state index in [2.05, 4.69) is 0 Å². The molecule has 0 amide bonds. The summed E-state index contributed by atoms with van der Waals surface area (Å²) in [6.45, 7) is 2.00. The van der Waals surface area contributed by atoms with Gasteiger partial charge in [-0.05, 0) is 91.7 Å². The molecule has 0 saturated heterocycles. The first-order valence-electron chi connectivity index (χ1n) is 11.4. The van der Waals surface area contributed by atoms with E-state index in [9.17, 15) is 17.6 Å². The Hall–Kier alpha value is -2.01. The summed E-state index contributed by atoms with van der Waals surface area (Å²) in [6, 6.07) is 13.8. The fourth-order valence-corrected chi connectivity index (χ4v) is 6.50. The summed E-state index contributed by atoms with van der Waals surface area (Å²) in [6.07, 6.45) is 5.94. The van der Waals surface area contributed by atoms with Gasteiger partial charge in [0.15, 0.2) is 9.84 Å². The number of hydrogen-bond donors (Lipinski definition) is 0. The molecule has 0 N–H and O–H groups in total. The van der Waals surface area contributed by atoms with E-state index in [1.165, 1.54) is 30.5 Å². The third-order valence-corrected chi connectivity index (χ3v) is 8.89. The zero-order valence-electron chi connectivity index (χ0n) is 18.1. The summed E-state index contributed by atoms with van der Waals surface area (Å²) < 4.78 is 38.8. The minimum atomic E-state index is -3.29. The number of benzene rings is 2. The van der Waals surface area contributed by atoms with E-state index in [1.807, 2.05) is 19.1 Å². The van der Waals surface area contributed by atoms with Gasteiger partial charge >= 0.3 is 0 Å². The Labute approximate surface area is 185 Å². The quantitative estimate of drug-likeness (QED) is 0.500. The van der Waals surface area contributed by atoms with Crippen molar-refractivity contribution in [3.05, 3.63) is 65.5 Å². The maximum Gasteiger partial charge on any atom is 0.178 e. The highest BCUT2D eigenvalue weighted by Gasteiger charge is 2.30. The Morgan fingerprint density at radius 2 is 1.55 bits per heavy atom. The first-order valence-corrected chi connectivity index (χ1v) is 13.1. The average Bonchev–Trinajstić information content (AvgIpc) is 3.60. The van der Waals surface area contributed by atoms with E-state index in [0.717, 1.165) is 31.2 Å². The number of Topliss-reactive ketones (excluding diaryl/α,β-unsaturated/α-hetero) is 1. The zero-order chi connectivity index (χ0) is 22.0. The SMILES string of the molecule is C[C@@H](CC(=O)C1CCC(CS(=O)(=O)c2ccc(C3CC3)cc2)CC1)c1ccc(F)cc1. The lowest BCUT2D eigenvalue weighted by Crippen LogP contribution is -2.26. The van der Waals surface area contributed by atoms with Gasteiger partial charge in [-0.25, -0.2) is 12.8 Å². The molecular formula is C26H31FO3S. The first-order chi connectivity index (χ1) is 14.8. The number of rotatable bonds is 8. The topological polar surface area (TPSA) is 51.2 Å². The normalized spacial score (nSPS) is 22.8. The molecule has 0 heterocycles. The summed E-state index contributed by atoms with van der Waals surface area (Å²) in [5, 5.41) is 0. The van der Waals surface area contributed by atoms with Crippen LogP contribution in [0.3, 0.4) is 0 Å². The minimum absolute atomic E-state index is 0.0136. The largest absolute Gasteiger partial charge is 0.299 e. The van der Waals surface area contributed by atoms with E-state index in [4.69, 9.17) is 0 Å². The van der Waals surface area contributed by atoms with Crippen LogP contribution in [0.25, 0.3) is 0 Å². The average molecular weight is 443 g/mol. The molecule has 1 atom stereocenters. The second-order valence-corrected chi connectivity index (χ2v) is 11.5. The van der Waals surface area contributed by atoms with Crippen LogP contribution in [0.2, 0.25) is 0 Å². The lowest BCUT2D eigenvalue weighted by Gasteiger charge is -2.28. The Morgan fingerprint density at radius 1 is 0.935 bits per heavy atom. The van der Waals surface area contributed by atoms with Crippen LogP contribution in [-0.2, 0) is 14.6 Å². The molecule has 2 saturated carbocycles. The Balaban J connectivity index is 1.27. The lowest BCUT2D eigenvalue weighted by molar-refractivity contribution is -0.124. The number of ketones is 1. The number of halogens is 1. The van der Waals surface area contributed by atoms with Gasteiger partial charge in [0.25, 0.3) is 0 Å². The van der Waals surface area contributed by atoms with Crippen LogP contribution in [0.4, 0.5) is 4.39 Å². The Kier molecular flexibility index (Phi) is 6.61. The van der Waals surface area contributed by atoms with Gasteiger partial charge in [0.05, 0.1) is 10.6 Å². The molecule has 3 nitrogen and oxygen atoms in total. The molecule has 0 radical (unpaired) electrons. The molecule has 0 unspecified atom stereocenters.